The molecule has 94 valence electrons. The number of aromatic nitrogens is 1. The predicted molar refractivity (Wildman–Crippen MR) is 71.4 cm³/mol. The fourth-order valence-corrected chi connectivity index (χ4v) is 1.72. The molecule has 0 aliphatic heterocycles. The minimum absolute atomic E-state index is 0.00963. The molecule has 0 spiro atoms. The van der Waals surface area contributed by atoms with Crippen LogP contribution in [0.4, 0.5) is 5.69 Å². The number of hydrogen-bond donors (Lipinski definition) is 1. The van der Waals surface area contributed by atoms with Crippen LogP contribution < -0.4 is 5.32 Å². The van der Waals surface area contributed by atoms with Crippen molar-refractivity contribution in [3.63, 3.8) is 0 Å². The first-order valence-corrected chi connectivity index (χ1v) is 6.43. The maximum atomic E-state index is 11.6. The molecule has 0 radical (unpaired) electrons. The quantitative estimate of drug-likeness (QED) is 0.617. The second kappa shape index (κ2) is 7.28. The summed E-state index contributed by atoms with van der Waals surface area (Å²) in [5.41, 5.74) is 1.59. The summed E-state index contributed by atoms with van der Waals surface area (Å²) in [4.78, 5) is 15.6. The lowest BCUT2D eigenvalue weighted by atomic mass is 10.1. The Morgan fingerprint density at radius 3 is 2.88 bits per heavy atom. The van der Waals surface area contributed by atoms with E-state index in [9.17, 15) is 4.79 Å². The topological polar surface area (TPSA) is 42.0 Å². The van der Waals surface area contributed by atoms with Crippen LogP contribution >= 0.6 is 11.6 Å². The molecular weight excluding hydrogens is 236 g/mol. The summed E-state index contributed by atoms with van der Waals surface area (Å²) in [6, 6.07) is 1.83. The third kappa shape index (κ3) is 5.18. The zero-order valence-corrected chi connectivity index (χ0v) is 11.2. The summed E-state index contributed by atoms with van der Waals surface area (Å²) in [6.07, 6.45) is 6.61. The second-order valence-electron chi connectivity index (χ2n) is 4.21. The molecule has 1 amide bonds. The van der Waals surface area contributed by atoms with Crippen LogP contribution in [0.5, 0.6) is 0 Å². The summed E-state index contributed by atoms with van der Waals surface area (Å²) >= 11 is 5.90. The third-order valence-corrected chi connectivity index (χ3v) is 2.81. The van der Waals surface area contributed by atoms with Crippen molar-refractivity contribution in [2.24, 2.45) is 0 Å². The van der Waals surface area contributed by atoms with Crippen LogP contribution in [0, 0.1) is 6.92 Å². The zero-order valence-electron chi connectivity index (χ0n) is 10.4. The summed E-state index contributed by atoms with van der Waals surface area (Å²) in [5.74, 6) is 0.00963. The second-order valence-corrected chi connectivity index (χ2v) is 4.57. The van der Waals surface area contributed by atoms with E-state index in [0.717, 1.165) is 18.4 Å². The standard InChI is InChI=1S/C13H19ClN2O/c1-3-4-5-6-7-12(17)16-11-8-10(2)9-15-13(11)14/h8-9H,3-7H2,1-2H3,(H,16,17). The van der Waals surface area contributed by atoms with Gasteiger partial charge in [-0.3, -0.25) is 4.79 Å². The monoisotopic (exact) mass is 254 g/mol. The molecule has 1 N–H and O–H groups in total. The fourth-order valence-electron chi connectivity index (χ4n) is 1.57. The van der Waals surface area contributed by atoms with Crippen molar-refractivity contribution in [2.75, 3.05) is 5.32 Å². The van der Waals surface area contributed by atoms with Gasteiger partial charge < -0.3 is 5.32 Å². The normalized spacial score (nSPS) is 10.3. The van der Waals surface area contributed by atoms with Crippen molar-refractivity contribution >= 4 is 23.2 Å². The lowest BCUT2D eigenvalue weighted by molar-refractivity contribution is -0.116. The van der Waals surface area contributed by atoms with E-state index < -0.39 is 0 Å². The van der Waals surface area contributed by atoms with Gasteiger partial charge >= 0.3 is 0 Å². The van der Waals surface area contributed by atoms with E-state index in [-0.39, 0.29) is 5.91 Å². The fraction of sp³-hybridized carbons (Fsp3) is 0.538. The van der Waals surface area contributed by atoms with E-state index in [0.29, 0.717) is 17.3 Å². The molecule has 0 aliphatic carbocycles. The van der Waals surface area contributed by atoms with Crippen molar-refractivity contribution in [3.05, 3.63) is 23.0 Å². The van der Waals surface area contributed by atoms with Gasteiger partial charge in [0.25, 0.3) is 0 Å². The zero-order chi connectivity index (χ0) is 12.7. The number of nitrogens with one attached hydrogen (secondary N) is 1. The highest BCUT2D eigenvalue weighted by atomic mass is 35.5. The molecular formula is C13H19ClN2O. The molecule has 1 aromatic rings. The summed E-state index contributed by atoms with van der Waals surface area (Å²) in [6.45, 7) is 4.07. The Hall–Kier alpha value is -1.09. The Balaban J connectivity index is 2.42. The number of amides is 1. The van der Waals surface area contributed by atoms with E-state index in [2.05, 4.69) is 17.2 Å². The smallest absolute Gasteiger partial charge is 0.224 e. The van der Waals surface area contributed by atoms with Crippen LogP contribution in [0.3, 0.4) is 0 Å². The number of anilines is 1. The Morgan fingerprint density at radius 1 is 1.41 bits per heavy atom. The summed E-state index contributed by atoms with van der Waals surface area (Å²) in [7, 11) is 0. The number of aryl methyl sites for hydroxylation is 1. The summed E-state index contributed by atoms with van der Waals surface area (Å²) < 4.78 is 0. The molecule has 0 atom stereocenters. The first-order valence-electron chi connectivity index (χ1n) is 6.05. The highest BCUT2D eigenvalue weighted by Gasteiger charge is 2.06. The molecule has 17 heavy (non-hydrogen) atoms. The maximum Gasteiger partial charge on any atom is 0.224 e. The first kappa shape index (κ1) is 14.0. The Labute approximate surface area is 108 Å². The maximum absolute atomic E-state index is 11.6. The molecule has 0 aromatic carbocycles. The van der Waals surface area contributed by atoms with Crippen molar-refractivity contribution in [1.82, 2.24) is 4.98 Å². The van der Waals surface area contributed by atoms with Crippen LogP contribution in [0.2, 0.25) is 5.15 Å². The van der Waals surface area contributed by atoms with Gasteiger partial charge in [-0.1, -0.05) is 37.8 Å². The minimum Gasteiger partial charge on any atom is -0.323 e. The molecule has 4 heteroatoms. The van der Waals surface area contributed by atoms with Gasteiger partial charge in [-0.2, -0.15) is 0 Å². The highest BCUT2D eigenvalue weighted by Crippen LogP contribution is 2.20. The number of halogens is 1. The first-order chi connectivity index (χ1) is 8.13. The molecule has 0 unspecified atom stereocenters. The molecule has 3 nitrogen and oxygen atoms in total. The van der Waals surface area contributed by atoms with Gasteiger partial charge in [-0.15, -0.1) is 0 Å². The van der Waals surface area contributed by atoms with Crippen LogP contribution in [0.1, 0.15) is 44.6 Å². The van der Waals surface area contributed by atoms with Gasteiger partial charge in [0.1, 0.15) is 0 Å². The number of hydrogen-bond acceptors (Lipinski definition) is 2. The molecule has 0 bridgehead atoms. The van der Waals surface area contributed by atoms with Crippen LogP contribution in [-0.4, -0.2) is 10.9 Å². The van der Waals surface area contributed by atoms with Crippen molar-refractivity contribution in [3.8, 4) is 0 Å². The molecule has 1 heterocycles. The molecule has 1 aromatic heterocycles. The molecule has 0 saturated heterocycles. The van der Waals surface area contributed by atoms with Gasteiger partial charge in [0.2, 0.25) is 5.91 Å². The van der Waals surface area contributed by atoms with E-state index in [1.807, 2.05) is 13.0 Å². The Kier molecular flexibility index (Phi) is 5.98. The van der Waals surface area contributed by atoms with Crippen LogP contribution in [0.15, 0.2) is 12.3 Å². The van der Waals surface area contributed by atoms with E-state index >= 15 is 0 Å². The minimum atomic E-state index is 0.00963. The lowest BCUT2D eigenvalue weighted by Gasteiger charge is -2.07. The van der Waals surface area contributed by atoms with Gasteiger partial charge in [-0.05, 0) is 25.0 Å². The van der Waals surface area contributed by atoms with Crippen molar-refractivity contribution < 1.29 is 4.79 Å². The number of rotatable bonds is 6. The molecule has 0 aliphatic rings. The van der Waals surface area contributed by atoms with Crippen LogP contribution in [0.25, 0.3) is 0 Å². The lowest BCUT2D eigenvalue weighted by Crippen LogP contribution is -2.11. The predicted octanol–water partition coefficient (Wildman–Crippen LogP) is 3.95. The Morgan fingerprint density at radius 2 is 2.18 bits per heavy atom. The van der Waals surface area contributed by atoms with Crippen LogP contribution in [-0.2, 0) is 4.79 Å². The van der Waals surface area contributed by atoms with E-state index in [1.165, 1.54) is 12.8 Å². The molecule has 0 fully saturated rings. The van der Waals surface area contributed by atoms with Gasteiger partial charge in [0.05, 0.1) is 5.69 Å². The average molecular weight is 255 g/mol. The van der Waals surface area contributed by atoms with Crippen molar-refractivity contribution in [1.29, 1.82) is 0 Å². The summed E-state index contributed by atoms with van der Waals surface area (Å²) in [5, 5.41) is 3.14. The number of pyridine rings is 1. The largest absolute Gasteiger partial charge is 0.323 e. The van der Waals surface area contributed by atoms with Crippen molar-refractivity contribution in [2.45, 2.75) is 46.0 Å². The number of nitrogens with zero attached hydrogens (tertiary/aromatic N) is 1. The average Bonchev–Trinajstić information content (AvgIpc) is 2.29. The third-order valence-electron chi connectivity index (χ3n) is 2.51. The van der Waals surface area contributed by atoms with E-state index in [1.54, 1.807) is 6.20 Å². The SMILES string of the molecule is CCCCCCC(=O)Nc1cc(C)cnc1Cl. The van der Waals surface area contributed by atoms with Gasteiger partial charge in [-0.25, -0.2) is 4.98 Å². The number of carbonyl (C=O) groups excluding carboxylic acids is 1. The molecule has 0 saturated carbocycles. The Bertz CT molecular complexity index is 380. The van der Waals surface area contributed by atoms with E-state index in [4.69, 9.17) is 11.6 Å². The number of unbranched alkanes of at least 4 members (excludes halogenated alkanes) is 3. The molecule has 1 rings (SSSR count). The van der Waals surface area contributed by atoms with Gasteiger partial charge in [0.15, 0.2) is 5.15 Å². The van der Waals surface area contributed by atoms with Gasteiger partial charge in [0, 0.05) is 12.6 Å². The highest BCUT2D eigenvalue weighted by molar-refractivity contribution is 6.32. The number of carbonyl (C=O) groups is 1.